The molecule has 0 amide bonds. The number of ether oxygens (including phenoxy) is 2. The van der Waals surface area contributed by atoms with Crippen molar-refractivity contribution in [2.75, 3.05) is 47.5 Å². The van der Waals surface area contributed by atoms with Crippen molar-refractivity contribution in [3.8, 4) is 0 Å². The number of hydrogen-bond acceptors (Lipinski definition) is 8. The van der Waals surface area contributed by atoms with E-state index in [2.05, 4.69) is 62.5 Å². The van der Waals surface area contributed by atoms with Gasteiger partial charge in [0.05, 0.1) is 27.7 Å². The lowest BCUT2D eigenvalue weighted by atomic mass is 10.0. The molecular formula is C68H128NO8P. The molecule has 0 saturated heterocycles. The van der Waals surface area contributed by atoms with Crippen LogP contribution in [0.1, 0.15) is 322 Å². The van der Waals surface area contributed by atoms with E-state index >= 15 is 0 Å². The summed E-state index contributed by atoms with van der Waals surface area (Å²) in [6.45, 7) is 4.19. The second-order valence-corrected chi connectivity index (χ2v) is 25.2. The molecule has 10 heteroatoms. The summed E-state index contributed by atoms with van der Waals surface area (Å²) < 4.78 is 34.3. The molecule has 2 unspecified atom stereocenters. The largest absolute Gasteiger partial charge is 0.756 e. The third-order valence-electron chi connectivity index (χ3n) is 14.9. The number of quaternary nitrogens is 1. The first kappa shape index (κ1) is 76.0. The summed E-state index contributed by atoms with van der Waals surface area (Å²) in [5.41, 5.74) is 0. The van der Waals surface area contributed by atoms with Crippen LogP contribution in [0.15, 0.2) is 48.6 Å². The molecule has 0 aliphatic heterocycles. The van der Waals surface area contributed by atoms with Crippen LogP contribution >= 0.6 is 7.82 Å². The number of nitrogens with zero attached hydrogens (tertiary/aromatic N) is 1. The highest BCUT2D eigenvalue weighted by molar-refractivity contribution is 7.45. The molecule has 0 radical (unpaired) electrons. The Bertz CT molecular complexity index is 1460. The lowest BCUT2D eigenvalue weighted by Gasteiger charge is -2.28. The van der Waals surface area contributed by atoms with Crippen molar-refractivity contribution in [1.29, 1.82) is 0 Å². The van der Waals surface area contributed by atoms with E-state index in [1.807, 2.05) is 21.1 Å². The van der Waals surface area contributed by atoms with Gasteiger partial charge in [0.2, 0.25) is 0 Å². The number of esters is 2. The molecule has 0 aromatic heterocycles. The highest BCUT2D eigenvalue weighted by Crippen LogP contribution is 2.38. The molecule has 0 heterocycles. The minimum absolute atomic E-state index is 0.0288. The van der Waals surface area contributed by atoms with Crippen LogP contribution in [0, 0.1) is 0 Å². The number of carbonyl (C=O) groups is 2. The Balaban J connectivity index is 4.04. The van der Waals surface area contributed by atoms with Crippen molar-refractivity contribution < 1.29 is 42.1 Å². The predicted octanol–water partition coefficient (Wildman–Crippen LogP) is 20.6. The Morgan fingerprint density at radius 1 is 0.410 bits per heavy atom. The van der Waals surface area contributed by atoms with Gasteiger partial charge in [0.1, 0.15) is 19.8 Å². The minimum Gasteiger partial charge on any atom is -0.756 e. The van der Waals surface area contributed by atoms with Crippen LogP contribution in [-0.4, -0.2) is 70.0 Å². The maximum absolute atomic E-state index is 12.8. The zero-order valence-corrected chi connectivity index (χ0v) is 53.0. The van der Waals surface area contributed by atoms with Crippen molar-refractivity contribution in [3.63, 3.8) is 0 Å². The number of carbonyl (C=O) groups excluding carboxylic acids is 2. The van der Waals surface area contributed by atoms with Gasteiger partial charge in [0.15, 0.2) is 6.10 Å². The van der Waals surface area contributed by atoms with Gasteiger partial charge in [-0.05, 0) is 51.4 Å². The van der Waals surface area contributed by atoms with E-state index in [1.54, 1.807) is 0 Å². The molecule has 0 saturated carbocycles. The molecule has 0 spiro atoms. The van der Waals surface area contributed by atoms with Crippen molar-refractivity contribution in [2.45, 2.75) is 328 Å². The SMILES string of the molecule is CC/C=C\C/C=C\C/C=C\C/C=C\CCCCCCCCCCCCCCCCCCC(=O)OC(COC(=O)CCCCCCCCCCCCCCCCCCCCCCCCCCC)COP(=O)([O-])OCC[N+](C)(C)C. The van der Waals surface area contributed by atoms with Crippen LogP contribution in [0.4, 0.5) is 0 Å². The molecule has 0 rings (SSSR count). The van der Waals surface area contributed by atoms with Crippen molar-refractivity contribution in [1.82, 2.24) is 0 Å². The first-order valence-corrected chi connectivity index (χ1v) is 34.8. The molecule has 0 aliphatic rings. The van der Waals surface area contributed by atoms with Gasteiger partial charge in [-0.3, -0.25) is 14.2 Å². The molecular weight excluding hydrogens is 990 g/mol. The van der Waals surface area contributed by atoms with Gasteiger partial charge in [0, 0.05) is 12.8 Å². The Morgan fingerprint density at radius 2 is 0.731 bits per heavy atom. The third-order valence-corrected chi connectivity index (χ3v) is 15.8. The van der Waals surface area contributed by atoms with Crippen molar-refractivity contribution >= 4 is 19.8 Å². The van der Waals surface area contributed by atoms with Gasteiger partial charge >= 0.3 is 11.9 Å². The van der Waals surface area contributed by atoms with Crippen LogP contribution in [0.3, 0.4) is 0 Å². The third kappa shape index (κ3) is 63.2. The van der Waals surface area contributed by atoms with Crippen LogP contribution < -0.4 is 4.89 Å². The van der Waals surface area contributed by atoms with E-state index < -0.39 is 26.5 Å². The van der Waals surface area contributed by atoms with Gasteiger partial charge in [-0.15, -0.1) is 0 Å². The number of allylic oxidation sites excluding steroid dienone is 8. The summed E-state index contributed by atoms with van der Waals surface area (Å²) in [7, 11) is 1.18. The normalized spacial score (nSPS) is 13.5. The molecule has 0 aromatic carbocycles. The number of hydrogen-bond donors (Lipinski definition) is 0. The molecule has 9 nitrogen and oxygen atoms in total. The second-order valence-electron chi connectivity index (χ2n) is 23.8. The molecule has 0 fully saturated rings. The fourth-order valence-corrected chi connectivity index (χ4v) is 10.5. The summed E-state index contributed by atoms with van der Waals surface area (Å²) in [4.78, 5) is 38.0. The molecule has 0 bridgehead atoms. The molecule has 458 valence electrons. The van der Waals surface area contributed by atoms with Crippen molar-refractivity contribution in [2.24, 2.45) is 0 Å². The first-order valence-electron chi connectivity index (χ1n) is 33.3. The number of phosphoric ester groups is 1. The van der Waals surface area contributed by atoms with E-state index in [4.69, 9.17) is 18.5 Å². The molecule has 0 aromatic rings. The van der Waals surface area contributed by atoms with E-state index in [-0.39, 0.29) is 32.0 Å². The zero-order valence-electron chi connectivity index (χ0n) is 52.1. The van der Waals surface area contributed by atoms with Gasteiger partial charge in [-0.1, -0.05) is 306 Å². The highest BCUT2D eigenvalue weighted by Gasteiger charge is 2.22. The lowest BCUT2D eigenvalue weighted by molar-refractivity contribution is -0.870. The Hall–Kier alpha value is -2.03. The maximum atomic E-state index is 12.8. The smallest absolute Gasteiger partial charge is 0.306 e. The Kier molecular flexibility index (Phi) is 58.0. The fraction of sp³-hybridized carbons (Fsp3) is 0.853. The van der Waals surface area contributed by atoms with Gasteiger partial charge in [-0.25, -0.2) is 0 Å². The quantitative estimate of drug-likeness (QED) is 0.0195. The summed E-state index contributed by atoms with van der Waals surface area (Å²) >= 11 is 0. The van der Waals surface area contributed by atoms with Crippen LogP contribution in [0.2, 0.25) is 0 Å². The summed E-state index contributed by atoms with van der Waals surface area (Å²) in [6.07, 6.45) is 76.1. The maximum Gasteiger partial charge on any atom is 0.306 e. The topological polar surface area (TPSA) is 111 Å². The molecule has 2 atom stereocenters. The van der Waals surface area contributed by atoms with Gasteiger partial charge in [-0.2, -0.15) is 0 Å². The minimum atomic E-state index is -4.64. The van der Waals surface area contributed by atoms with E-state index in [0.29, 0.717) is 17.4 Å². The van der Waals surface area contributed by atoms with E-state index in [0.717, 1.165) is 64.2 Å². The molecule has 78 heavy (non-hydrogen) atoms. The van der Waals surface area contributed by atoms with Crippen molar-refractivity contribution in [3.05, 3.63) is 48.6 Å². The Morgan fingerprint density at radius 3 is 1.09 bits per heavy atom. The van der Waals surface area contributed by atoms with E-state index in [9.17, 15) is 19.0 Å². The summed E-state index contributed by atoms with van der Waals surface area (Å²) in [6, 6.07) is 0. The monoisotopic (exact) mass is 1120 g/mol. The molecule has 0 N–H and O–H groups in total. The average Bonchev–Trinajstić information content (AvgIpc) is 3.41. The lowest BCUT2D eigenvalue weighted by Crippen LogP contribution is -2.37. The van der Waals surface area contributed by atoms with Crippen LogP contribution in [0.5, 0.6) is 0 Å². The molecule has 0 aliphatic carbocycles. The number of unbranched alkanes of at least 4 members (excludes halogenated alkanes) is 40. The first-order chi connectivity index (χ1) is 38.0. The zero-order chi connectivity index (χ0) is 57.0. The average molecular weight is 1120 g/mol. The standard InChI is InChI=1S/C68H128NO8P/c1-6-8-10-12-14-16-18-20-22-24-26-28-30-32-33-34-35-37-39-41-43-45-47-49-51-53-55-57-59-61-68(71)77-66(65-76-78(72,73)75-63-62-69(3,4)5)64-74-67(70)60-58-56-54-52-50-48-46-44-42-40-38-36-31-29-27-25-23-21-19-17-15-13-11-9-7-2/h8,10,14,16,20,22,26,28,66H,6-7,9,11-13,15,17-19,21,23-25,27,29-65H2,1-5H3/b10-8-,16-14-,22-20-,28-26-. The number of rotatable bonds is 62. The summed E-state index contributed by atoms with van der Waals surface area (Å²) in [5.74, 6) is -0.815. The number of phosphoric acid groups is 1. The number of likely N-dealkylation sites (N-methyl/N-ethyl adjacent to an activating group) is 1. The van der Waals surface area contributed by atoms with Gasteiger partial charge < -0.3 is 27.9 Å². The fourth-order valence-electron chi connectivity index (χ4n) is 9.77. The summed E-state index contributed by atoms with van der Waals surface area (Å²) in [5, 5.41) is 0. The van der Waals surface area contributed by atoms with Gasteiger partial charge in [0.25, 0.3) is 7.82 Å². The van der Waals surface area contributed by atoms with Crippen LogP contribution in [-0.2, 0) is 32.7 Å². The second kappa shape index (κ2) is 59.6. The highest BCUT2D eigenvalue weighted by atomic mass is 31.2. The van der Waals surface area contributed by atoms with E-state index in [1.165, 1.54) is 225 Å². The predicted molar refractivity (Wildman–Crippen MR) is 333 cm³/mol. The Labute approximate surface area is 484 Å². The van der Waals surface area contributed by atoms with Crippen LogP contribution in [0.25, 0.3) is 0 Å².